The molecule has 0 saturated heterocycles. The Bertz CT molecular complexity index is 456. The number of nitrogens with one attached hydrogen (secondary N) is 2. The number of aryl methyl sites for hydroxylation is 2. The molecule has 0 radical (unpaired) electrons. The van der Waals surface area contributed by atoms with E-state index in [9.17, 15) is 0 Å². The molecule has 1 aromatic heterocycles. The quantitative estimate of drug-likeness (QED) is 0.619. The van der Waals surface area contributed by atoms with Crippen LogP contribution in [-0.4, -0.2) is 24.0 Å². The van der Waals surface area contributed by atoms with Gasteiger partial charge in [0.25, 0.3) is 0 Å². The highest BCUT2D eigenvalue weighted by atomic mass is 32.1. The van der Waals surface area contributed by atoms with Crippen molar-refractivity contribution >= 4 is 17.3 Å². The van der Waals surface area contributed by atoms with Crippen LogP contribution < -0.4 is 10.6 Å². The summed E-state index contributed by atoms with van der Waals surface area (Å²) in [6, 6.07) is 0. The number of guanidine groups is 1. The van der Waals surface area contributed by atoms with Crippen LogP contribution in [0.3, 0.4) is 0 Å². The van der Waals surface area contributed by atoms with E-state index >= 15 is 0 Å². The summed E-state index contributed by atoms with van der Waals surface area (Å²) in [5, 5.41) is 7.90. The van der Waals surface area contributed by atoms with Gasteiger partial charge in [0.1, 0.15) is 5.01 Å². The molecule has 124 valence electrons. The molecule has 1 aliphatic rings. The monoisotopic (exact) mass is 322 g/mol. The van der Waals surface area contributed by atoms with Crippen LogP contribution in [0.25, 0.3) is 0 Å². The van der Waals surface area contributed by atoms with Gasteiger partial charge >= 0.3 is 0 Å². The van der Waals surface area contributed by atoms with Gasteiger partial charge in [0.05, 0.1) is 12.2 Å². The molecule has 4 nitrogen and oxygen atoms in total. The van der Waals surface area contributed by atoms with E-state index in [1.807, 2.05) is 0 Å². The minimum Gasteiger partial charge on any atom is -0.357 e. The number of nitrogens with zero attached hydrogens (tertiary/aromatic N) is 2. The average molecular weight is 323 g/mol. The lowest BCUT2D eigenvalue weighted by Gasteiger charge is -2.22. The SMILES string of the molecule is CCNC(=NCc1nc(C)c(C)s1)NCCC1CCCCC1. The van der Waals surface area contributed by atoms with Crippen LogP contribution in [0.4, 0.5) is 0 Å². The zero-order valence-corrected chi connectivity index (χ0v) is 15.1. The molecule has 0 bridgehead atoms. The van der Waals surface area contributed by atoms with Crippen molar-refractivity contribution in [2.45, 2.75) is 65.8 Å². The van der Waals surface area contributed by atoms with Gasteiger partial charge in [0.15, 0.2) is 5.96 Å². The topological polar surface area (TPSA) is 49.3 Å². The van der Waals surface area contributed by atoms with Crippen molar-refractivity contribution in [1.29, 1.82) is 0 Å². The van der Waals surface area contributed by atoms with Crippen LogP contribution >= 0.6 is 11.3 Å². The van der Waals surface area contributed by atoms with Gasteiger partial charge in [-0.2, -0.15) is 0 Å². The zero-order valence-electron chi connectivity index (χ0n) is 14.2. The molecule has 22 heavy (non-hydrogen) atoms. The molecule has 1 aromatic rings. The fraction of sp³-hybridized carbons (Fsp3) is 0.765. The fourth-order valence-electron chi connectivity index (χ4n) is 2.97. The summed E-state index contributed by atoms with van der Waals surface area (Å²) in [6.45, 7) is 8.87. The van der Waals surface area contributed by atoms with Crippen LogP contribution in [0, 0.1) is 19.8 Å². The highest BCUT2D eigenvalue weighted by molar-refractivity contribution is 7.11. The molecule has 0 aliphatic heterocycles. The predicted octanol–water partition coefficient (Wildman–Crippen LogP) is 3.79. The van der Waals surface area contributed by atoms with Crippen LogP contribution in [0.1, 0.15) is 61.0 Å². The molecule has 2 rings (SSSR count). The van der Waals surface area contributed by atoms with Crippen molar-refractivity contribution in [3.8, 4) is 0 Å². The van der Waals surface area contributed by atoms with Gasteiger partial charge in [-0.25, -0.2) is 9.98 Å². The van der Waals surface area contributed by atoms with Gasteiger partial charge in [-0.3, -0.25) is 0 Å². The van der Waals surface area contributed by atoms with Gasteiger partial charge in [0, 0.05) is 18.0 Å². The van der Waals surface area contributed by atoms with Crippen molar-refractivity contribution in [3.63, 3.8) is 0 Å². The van der Waals surface area contributed by atoms with Gasteiger partial charge in [-0.1, -0.05) is 32.1 Å². The first-order chi connectivity index (χ1) is 10.7. The van der Waals surface area contributed by atoms with E-state index in [1.165, 1.54) is 43.4 Å². The number of aliphatic imine (C=N–C) groups is 1. The summed E-state index contributed by atoms with van der Waals surface area (Å²) < 4.78 is 0. The summed E-state index contributed by atoms with van der Waals surface area (Å²) >= 11 is 1.75. The van der Waals surface area contributed by atoms with Crippen molar-refractivity contribution in [1.82, 2.24) is 15.6 Å². The summed E-state index contributed by atoms with van der Waals surface area (Å²) in [6.07, 6.45) is 8.35. The standard InChI is InChI=1S/C17H30N4S/c1-4-18-17(19-11-10-15-8-6-5-7-9-15)20-12-16-21-13(2)14(3)22-16/h15H,4-12H2,1-3H3,(H2,18,19,20). The van der Waals surface area contributed by atoms with Crippen LogP contribution in [0.5, 0.6) is 0 Å². The van der Waals surface area contributed by atoms with Gasteiger partial charge < -0.3 is 10.6 Å². The largest absolute Gasteiger partial charge is 0.357 e. The van der Waals surface area contributed by atoms with E-state index in [0.29, 0.717) is 6.54 Å². The van der Waals surface area contributed by atoms with Gasteiger partial charge in [0.2, 0.25) is 0 Å². The molecule has 0 atom stereocenters. The lowest BCUT2D eigenvalue weighted by Crippen LogP contribution is -2.38. The number of thiazole rings is 1. The molecule has 1 aliphatic carbocycles. The van der Waals surface area contributed by atoms with Gasteiger partial charge in [-0.15, -0.1) is 11.3 Å². The molecule has 0 unspecified atom stereocenters. The number of aromatic nitrogens is 1. The third-order valence-corrected chi connectivity index (χ3v) is 5.42. The Morgan fingerprint density at radius 3 is 2.64 bits per heavy atom. The molecule has 1 fully saturated rings. The minimum absolute atomic E-state index is 0.665. The first-order valence-electron chi connectivity index (χ1n) is 8.64. The minimum atomic E-state index is 0.665. The van der Waals surface area contributed by atoms with Crippen molar-refractivity contribution < 1.29 is 0 Å². The van der Waals surface area contributed by atoms with Crippen LogP contribution in [0.15, 0.2) is 4.99 Å². The second kappa shape index (κ2) is 9.13. The lowest BCUT2D eigenvalue weighted by molar-refractivity contribution is 0.339. The van der Waals surface area contributed by atoms with Crippen molar-refractivity contribution in [2.75, 3.05) is 13.1 Å². The molecule has 5 heteroatoms. The van der Waals surface area contributed by atoms with E-state index in [-0.39, 0.29) is 0 Å². The molecule has 1 saturated carbocycles. The number of hydrogen-bond acceptors (Lipinski definition) is 3. The maximum atomic E-state index is 4.66. The Morgan fingerprint density at radius 2 is 2.00 bits per heavy atom. The number of hydrogen-bond donors (Lipinski definition) is 2. The normalized spacial score (nSPS) is 16.8. The van der Waals surface area contributed by atoms with E-state index in [1.54, 1.807) is 11.3 Å². The summed E-state index contributed by atoms with van der Waals surface area (Å²) in [5.41, 5.74) is 1.13. The molecular formula is C17H30N4S. The smallest absolute Gasteiger partial charge is 0.191 e. The highest BCUT2D eigenvalue weighted by Crippen LogP contribution is 2.25. The first kappa shape index (κ1) is 17.3. The van der Waals surface area contributed by atoms with Crippen molar-refractivity contribution in [3.05, 3.63) is 15.6 Å². The van der Waals surface area contributed by atoms with E-state index in [0.717, 1.165) is 35.7 Å². The predicted molar refractivity (Wildman–Crippen MR) is 95.6 cm³/mol. The molecule has 0 amide bonds. The third kappa shape index (κ3) is 5.59. The van der Waals surface area contributed by atoms with Crippen LogP contribution in [-0.2, 0) is 6.54 Å². The second-order valence-electron chi connectivity index (χ2n) is 6.16. The Labute approximate surface area is 138 Å². The highest BCUT2D eigenvalue weighted by Gasteiger charge is 2.13. The first-order valence-corrected chi connectivity index (χ1v) is 9.45. The molecule has 0 spiro atoms. The maximum Gasteiger partial charge on any atom is 0.191 e. The molecule has 0 aromatic carbocycles. The Hall–Kier alpha value is -1.10. The Morgan fingerprint density at radius 1 is 1.23 bits per heavy atom. The van der Waals surface area contributed by atoms with Gasteiger partial charge in [-0.05, 0) is 33.1 Å². The third-order valence-electron chi connectivity index (χ3n) is 4.36. The van der Waals surface area contributed by atoms with Crippen LogP contribution in [0.2, 0.25) is 0 Å². The summed E-state index contributed by atoms with van der Waals surface area (Å²) in [7, 11) is 0. The van der Waals surface area contributed by atoms with E-state index < -0.39 is 0 Å². The number of rotatable bonds is 6. The molecule has 1 heterocycles. The maximum absolute atomic E-state index is 4.66. The Kier molecular flexibility index (Phi) is 7.16. The lowest BCUT2D eigenvalue weighted by atomic mass is 9.87. The fourth-order valence-corrected chi connectivity index (χ4v) is 3.82. The zero-order chi connectivity index (χ0) is 15.8. The summed E-state index contributed by atoms with van der Waals surface area (Å²) in [5.74, 6) is 1.83. The van der Waals surface area contributed by atoms with E-state index in [2.05, 4.69) is 41.4 Å². The Balaban J connectivity index is 1.78. The van der Waals surface area contributed by atoms with E-state index in [4.69, 9.17) is 0 Å². The summed E-state index contributed by atoms with van der Waals surface area (Å²) in [4.78, 5) is 10.5. The second-order valence-corrected chi connectivity index (χ2v) is 7.45. The molecule has 2 N–H and O–H groups in total. The average Bonchev–Trinajstić information content (AvgIpc) is 2.84. The van der Waals surface area contributed by atoms with Crippen molar-refractivity contribution in [2.24, 2.45) is 10.9 Å². The molecular weight excluding hydrogens is 292 g/mol.